The Morgan fingerprint density at radius 1 is 0.397 bits per heavy atom. The molecule has 0 aliphatic rings. The average Bonchev–Trinajstić information content (AvgIpc) is 3.39. The number of rotatable bonds is 61. The van der Waals surface area contributed by atoms with E-state index in [1.807, 2.05) is 0 Å². The second-order valence-electron chi connectivity index (χ2n) is 22.6. The number of carbonyl (C=O) groups excluding carboxylic acids is 2. The Bertz CT molecular complexity index is 1160. The van der Waals surface area contributed by atoms with Crippen LogP contribution in [0.25, 0.3) is 0 Å². The quantitative estimate of drug-likeness (QED) is 0.0274. The third-order valence-corrected chi connectivity index (χ3v) is 15.3. The molecule has 0 rings (SSSR count). The Hall–Kier alpha value is -1.70. The van der Waals surface area contributed by atoms with Crippen LogP contribution in [0, 0.1) is 0 Å². The lowest BCUT2D eigenvalue weighted by molar-refractivity contribution is -0.143. The lowest BCUT2D eigenvalue weighted by Gasteiger charge is -2.26. The predicted molar refractivity (Wildman–Crippen MR) is 316 cm³/mol. The summed E-state index contributed by atoms with van der Waals surface area (Å²) in [7, 11) is 0. The first-order valence-electron chi connectivity index (χ1n) is 32.7. The van der Waals surface area contributed by atoms with Crippen molar-refractivity contribution in [3.63, 3.8) is 0 Å². The summed E-state index contributed by atoms with van der Waals surface area (Å²) in [4.78, 5) is 24.6. The van der Waals surface area contributed by atoms with Crippen molar-refractivity contribution < 1.29 is 29.6 Å². The maximum Gasteiger partial charge on any atom is 0.305 e. The molecular formula is C66H127NO6. The van der Waals surface area contributed by atoms with Gasteiger partial charge in [-0.2, -0.15) is 0 Å². The summed E-state index contributed by atoms with van der Waals surface area (Å²) in [6.07, 6.45) is 72.3. The van der Waals surface area contributed by atoms with E-state index in [1.165, 1.54) is 257 Å². The summed E-state index contributed by atoms with van der Waals surface area (Å²) in [5, 5.41) is 33.7. The van der Waals surface area contributed by atoms with Crippen LogP contribution in [0.2, 0.25) is 0 Å². The summed E-state index contributed by atoms with van der Waals surface area (Å²) in [5.74, 6) is -0.143. The van der Waals surface area contributed by atoms with Crippen LogP contribution in [-0.4, -0.2) is 58.7 Å². The third kappa shape index (κ3) is 56.3. The van der Waals surface area contributed by atoms with Gasteiger partial charge in [-0.1, -0.05) is 308 Å². The highest BCUT2D eigenvalue weighted by atomic mass is 16.5. The largest absolute Gasteiger partial charge is 0.466 e. The van der Waals surface area contributed by atoms with Crippen LogP contribution in [-0.2, 0) is 14.3 Å². The first kappa shape index (κ1) is 71.3. The molecule has 0 aliphatic carbocycles. The lowest BCUT2D eigenvalue weighted by Crippen LogP contribution is -2.50. The molecule has 0 fully saturated rings. The molecule has 432 valence electrons. The van der Waals surface area contributed by atoms with Gasteiger partial charge in [0.15, 0.2) is 0 Å². The molecule has 0 saturated carbocycles. The summed E-state index contributed by atoms with van der Waals surface area (Å²) in [6.45, 7) is 4.75. The molecule has 73 heavy (non-hydrogen) atoms. The number of amides is 1. The highest BCUT2D eigenvalue weighted by Gasteiger charge is 2.26. The van der Waals surface area contributed by atoms with Crippen molar-refractivity contribution in [2.75, 3.05) is 13.2 Å². The second-order valence-corrected chi connectivity index (χ2v) is 22.6. The van der Waals surface area contributed by atoms with E-state index in [-0.39, 0.29) is 18.5 Å². The molecule has 0 aromatic rings. The number of nitrogens with one attached hydrogen (secondary N) is 1. The van der Waals surface area contributed by atoms with Crippen LogP contribution in [0.3, 0.4) is 0 Å². The van der Waals surface area contributed by atoms with Gasteiger partial charge in [0.05, 0.1) is 25.4 Å². The first-order valence-corrected chi connectivity index (χ1v) is 32.7. The van der Waals surface area contributed by atoms with Crippen molar-refractivity contribution >= 4 is 11.9 Å². The highest BCUT2D eigenvalue weighted by Crippen LogP contribution is 2.19. The summed E-state index contributed by atoms with van der Waals surface area (Å²) >= 11 is 0. The van der Waals surface area contributed by atoms with Crippen molar-refractivity contribution in [1.82, 2.24) is 5.32 Å². The molecule has 0 aromatic heterocycles. The first-order chi connectivity index (χ1) is 36.0. The number of ether oxygens (including phenoxy) is 1. The van der Waals surface area contributed by atoms with Gasteiger partial charge in [0.25, 0.3) is 0 Å². The normalized spacial score (nSPS) is 13.1. The van der Waals surface area contributed by atoms with Gasteiger partial charge in [-0.3, -0.25) is 9.59 Å². The number of allylic oxidation sites excluding steroid dienone is 4. The third-order valence-electron chi connectivity index (χ3n) is 15.3. The van der Waals surface area contributed by atoms with E-state index in [0.29, 0.717) is 25.9 Å². The molecule has 0 radical (unpaired) electrons. The van der Waals surface area contributed by atoms with Crippen LogP contribution >= 0.6 is 0 Å². The average molecular weight is 1030 g/mol. The summed E-state index contributed by atoms with van der Waals surface area (Å²) in [5.41, 5.74) is 0. The molecule has 0 spiro atoms. The number of carbonyl (C=O) groups is 2. The molecule has 7 heteroatoms. The van der Waals surface area contributed by atoms with Crippen molar-refractivity contribution in [3.05, 3.63) is 24.3 Å². The zero-order valence-corrected chi connectivity index (χ0v) is 49.0. The summed E-state index contributed by atoms with van der Waals surface area (Å²) in [6, 6.07) is -0.811. The van der Waals surface area contributed by atoms with Crippen LogP contribution in [0.4, 0.5) is 0 Å². The van der Waals surface area contributed by atoms with Gasteiger partial charge in [0.1, 0.15) is 6.10 Å². The highest BCUT2D eigenvalue weighted by molar-refractivity contribution is 5.76. The fourth-order valence-electron chi connectivity index (χ4n) is 10.3. The Morgan fingerprint density at radius 3 is 1.11 bits per heavy atom. The van der Waals surface area contributed by atoms with Gasteiger partial charge < -0.3 is 25.4 Å². The minimum Gasteiger partial charge on any atom is -0.466 e. The van der Waals surface area contributed by atoms with E-state index in [0.717, 1.165) is 64.2 Å². The Morgan fingerprint density at radius 2 is 0.712 bits per heavy atom. The van der Waals surface area contributed by atoms with Crippen molar-refractivity contribution in [1.29, 1.82) is 0 Å². The predicted octanol–water partition coefficient (Wildman–Crippen LogP) is 19.6. The van der Waals surface area contributed by atoms with Crippen LogP contribution in [0.15, 0.2) is 24.3 Å². The summed E-state index contributed by atoms with van der Waals surface area (Å²) < 4.78 is 5.48. The molecule has 0 saturated heterocycles. The Balaban J connectivity index is 3.38. The number of hydrogen-bond acceptors (Lipinski definition) is 6. The molecule has 3 unspecified atom stereocenters. The monoisotopic (exact) mass is 1030 g/mol. The maximum absolute atomic E-state index is 12.5. The fourth-order valence-corrected chi connectivity index (χ4v) is 10.3. The maximum atomic E-state index is 12.5. The topological polar surface area (TPSA) is 116 Å². The van der Waals surface area contributed by atoms with Gasteiger partial charge in [-0.15, -0.1) is 0 Å². The van der Waals surface area contributed by atoms with E-state index in [9.17, 15) is 24.9 Å². The van der Waals surface area contributed by atoms with E-state index < -0.39 is 18.2 Å². The number of aliphatic hydroxyl groups is 3. The number of unbranched alkanes of at least 4 members (excludes halogenated alkanes) is 45. The van der Waals surface area contributed by atoms with E-state index >= 15 is 0 Å². The molecular weight excluding hydrogens is 903 g/mol. The van der Waals surface area contributed by atoms with Crippen molar-refractivity contribution in [2.24, 2.45) is 0 Å². The molecule has 1 amide bonds. The number of aliphatic hydroxyl groups excluding tert-OH is 3. The fraction of sp³-hybridized carbons (Fsp3) is 0.909. The molecule has 0 aliphatic heterocycles. The number of hydrogen-bond donors (Lipinski definition) is 4. The molecule has 0 bridgehead atoms. The van der Waals surface area contributed by atoms with E-state index in [4.69, 9.17) is 4.74 Å². The minimum absolute atomic E-state index is 0.00137. The van der Waals surface area contributed by atoms with E-state index in [2.05, 4.69) is 43.5 Å². The smallest absolute Gasteiger partial charge is 0.305 e. The van der Waals surface area contributed by atoms with E-state index in [1.54, 1.807) is 0 Å². The molecule has 7 nitrogen and oxygen atoms in total. The molecule has 0 heterocycles. The lowest BCUT2D eigenvalue weighted by atomic mass is 9.99. The van der Waals surface area contributed by atoms with Gasteiger partial charge >= 0.3 is 5.97 Å². The van der Waals surface area contributed by atoms with Crippen LogP contribution < -0.4 is 5.32 Å². The van der Waals surface area contributed by atoms with Crippen molar-refractivity contribution in [3.8, 4) is 0 Å². The van der Waals surface area contributed by atoms with Gasteiger partial charge in [-0.05, 0) is 57.8 Å². The number of esters is 1. The van der Waals surface area contributed by atoms with Gasteiger partial charge in [0.2, 0.25) is 5.91 Å². The standard InChI is InChI=1S/C66H127NO6/c1-3-5-7-9-11-13-15-17-31-35-39-43-47-51-55-59-65(71)73-60-56-52-48-44-40-36-33-30-28-26-24-22-20-18-19-21-23-25-27-29-32-34-38-42-46-50-54-58-64(70)67-62(61-68)66(72)63(69)57-53-49-45-41-37-16-14-12-10-8-6-4-2/h11,13,17,31,62-63,66,68-69,72H,3-10,12,14-16,18-30,32-61H2,1-2H3,(H,67,70)/b13-11-,31-17-. The zero-order valence-electron chi connectivity index (χ0n) is 49.0. The van der Waals surface area contributed by atoms with Crippen LogP contribution in [0.1, 0.15) is 354 Å². The Labute approximate surface area is 454 Å². The minimum atomic E-state index is -1.14. The van der Waals surface area contributed by atoms with Gasteiger partial charge in [0, 0.05) is 12.8 Å². The SMILES string of the molecule is CCCCC/C=C\C/C=C\CCCCCCCC(=O)OCCCCCCCCCCCCCCCCCCCCCCCCCCCCCC(=O)NC(CO)C(O)C(O)CCCCCCCCCCCCCC. The second kappa shape index (κ2) is 61.2. The van der Waals surface area contributed by atoms with Gasteiger partial charge in [-0.25, -0.2) is 0 Å². The van der Waals surface area contributed by atoms with Crippen molar-refractivity contribution in [2.45, 2.75) is 372 Å². The molecule has 0 aromatic carbocycles. The Kier molecular flexibility index (Phi) is 59.7. The molecule has 3 atom stereocenters. The van der Waals surface area contributed by atoms with Crippen LogP contribution in [0.5, 0.6) is 0 Å². The zero-order chi connectivity index (χ0) is 53.0. The molecule has 4 N–H and O–H groups in total.